The van der Waals surface area contributed by atoms with Crippen LogP contribution in [-0.2, 0) is 23.8 Å². The van der Waals surface area contributed by atoms with Crippen molar-refractivity contribution in [2.24, 2.45) is 0 Å². The monoisotopic (exact) mass is 261 g/mol. The number of nitrogens with one attached hydrogen (secondary N) is 1. The number of H-pyrrole nitrogens is 1. The van der Waals surface area contributed by atoms with Crippen LogP contribution in [0.25, 0.3) is 0 Å². The molecule has 18 heavy (non-hydrogen) atoms. The Hall–Kier alpha value is -1.62. The average Bonchev–Trinajstić information content (AvgIpc) is 2.99. The number of imidazole rings is 1. The van der Waals surface area contributed by atoms with E-state index in [0.717, 1.165) is 30.1 Å². The lowest BCUT2D eigenvalue weighted by molar-refractivity contribution is 0.687. The maximum Gasteiger partial charge on any atom is 0.0922 e. The lowest BCUT2D eigenvalue weighted by Gasteiger charge is -2.18. The minimum Gasteiger partial charge on any atom is -0.365 e. The van der Waals surface area contributed by atoms with Gasteiger partial charge in [0.2, 0.25) is 0 Å². The Bertz CT molecular complexity index is 580. The zero-order valence-electron chi connectivity index (χ0n) is 10.2. The van der Waals surface area contributed by atoms with Crippen molar-refractivity contribution in [1.82, 2.24) is 9.97 Å². The predicted molar refractivity (Wildman–Crippen MR) is 72.1 cm³/mol. The van der Waals surface area contributed by atoms with Crippen LogP contribution in [-0.4, -0.2) is 27.0 Å². The number of nitrogens with zero attached hydrogens (tertiary/aromatic N) is 2. The highest BCUT2D eigenvalue weighted by atomic mass is 32.2. The van der Waals surface area contributed by atoms with Crippen molar-refractivity contribution >= 4 is 16.5 Å². The van der Waals surface area contributed by atoms with Gasteiger partial charge in [-0.2, -0.15) is 0 Å². The van der Waals surface area contributed by atoms with Crippen LogP contribution in [0, 0.1) is 0 Å². The maximum atomic E-state index is 11.5. The molecule has 1 aliphatic heterocycles. The second-order valence-corrected chi connectivity index (χ2v) is 5.87. The van der Waals surface area contributed by atoms with E-state index in [9.17, 15) is 4.21 Å². The van der Waals surface area contributed by atoms with Crippen LogP contribution in [0.5, 0.6) is 0 Å². The summed E-state index contributed by atoms with van der Waals surface area (Å²) in [6.07, 6.45) is 6.32. The highest BCUT2D eigenvalue weighted by Crippen LogP contribution is 2.30. The third-order valence-electron chi connectivity index (χ3n) is 3.30. The van der Waals surface area contributed by atoms with E-state index in [1.165, 1.54) is 11.3 Å². The SMILES string of the molecule is C[S@@](=O)c1ccc2c(c1)N(Cc1cnc[nH]1)CC2. The van der Waals surface area contributed by atoms with Crippen molar-refractivity contribution in [2.75, 3.05) is 17.7 Å². The molecular formula is C13H15N3OS. The average molecular weight is 261 g/mol. The fourth-order valence-electron chi connectivity index (χ4n) is 2.35. The van der Waals surface area contributed by atoms with Gasteiger partial charge in [0.15, 0.2) is 0 Å². The summed E-state index contributed by atoms with van der Waals surface area (Å²) < 4.78 is 11.5. The largest absolute Gasteiger partial charge is 0.365 e. The van der Waals surface area contributed by atoms with E-state index in [2.05, 4.69) is 27.0 Å². The van der Waals surface area contributed by atoms with Crippen LogP contribution in [0.1, 0.15) is 11.3 Å². The Labute approximate surface area is 109 Å². The van der Waals surface area contributed by atoms with Gasteiger partial charge in [0.25, 0.3) is 0 Å². The summed E-state index contributed by atoms with van der Waals surface area (Å²) in [5, 5.41) is 0. The van der Waals surface area contributed by atoms with Gasteiger partial charge in [-0.3, -0.25) is 4.21 Å². The van der Waals surface area contributed by atoms with Gasteiger partial charge < -0.3 is 9.88 Å². The molecule has 5 heteroatoms. The molecule has 1 aromatic heterocycles. The third kappa shape index (κ3) is 2.06. The van der Waals surface area contributed by atoms with Gasteiger partial charge in [-0.05, 0) is 24.1 Å². The van der Waals surface area contributed by atoms with Crippen molar-refractivity contribution in [3.8, 4) is 0 Å². The summed E-state index contributed by atoms with van der Waals surface area (Å²) >= 11 is 0. The molecule has 1 N–H and O–H groups in total. The first-order valence-corrected chi connectivity index (χ1v) is 7.48. The van der Waals surface area contributed by atoms with Crippen LogP contribution < -0.4 is 4.90 Å². The number of rotatable bonds is 3. The van der Waals surface area contributed by atoms with Gasteiger partial charge in [0, 0.05) is 40.4 Å². The maximum absolute atomic E-state index is 11.5. The van der Waals surface area contributed by atoms with Crippen molar-refractivity contribution in [3.05, 3.63) is 42.0 Å². The van der Waals surface area contributed by atoms with Crippen LogP contribution in [0.15, 0.2) is 35.6 Å². The Balaban J connectivity index is 1.90. The smallest absolute Gasteiger partial charge is 0.0922 e. The zero-order valence-corrected chi connectivity index (χ0v) is 11.0. The summed E-state index contributed by atoms with van der Waals surface area (Å²) in [7, 11) is -0.922. The molecule has 0 aliphatic carbocycles. The molecule has 0 bridgehead atoms. The summed E-state index contributed by atoms with van der Waals surface area (Å²) in [5.41, 5.74) is 3.65. The minimum absolute atomic E-state index is 0.826. The Morgan fingerprint density at radius 3 is 3.11 bits per heavy atom. The first kappa shape index (κ1) is 11.5. The second kappa shape index (κ2) is 4.57. The van der Waals surface area contributed by atoms with Gasteiger partial charge in [-0.15, -0.1) is 0 Å². The van der Waals surface area contributed by atoms with Crippen LogP contribution in [0.2, 0.25) is 0 Å². The molecule has 1 aromatic carbocycles. The fourth-order valence-corrected chi connectivity index (χ4v) is 2.88. The summed E-state index contributed by atoms with van der Waals surface area (Å²) in [6, 6.07) is 6.11. The lowest BCUT2D eigenvalue weighted by atomic mass is 10.2. The second-order valence-electron chi connectivity index (χ2n) is 4.49. The summed E-state index contributed by atoms with van der Waals surface area (Å²) in [6.45, 7) is 1.83. The van der Waals surface area contributed by atoms with Gasteiger partial charge >= 0.3 is 0 Å². The normalized spacial score (nSPS) is 15.7. The molecule has 1 aliphatic rings. The van der Waals surface area contributed by atoms with E-state index < -0.39 is 10.8 Å². The number of aromatic nitrogens is 2. The van der Waals surface area contributed by atoms with Gasteiger partial charge in [0.05, 0.1) is 18.6 Å². The number of hydrogen-bond acceptors (Lipinski definition) is 3. The number of aromatic amines is 1. The summed E-state index contributed by atoms with van der Waals surface area (Å²) in [5.74, 6) is 0. The Kier molecular flexibility index (Phi) is 2.91. The van der Waals surface area contributed by atoms with Crippen molar-refractivity contribution < 1.29 is 4.21 Å². The Morgan fingerprint density at radius 2 is 2.39 bits per heavy atom. The fraction of sp³-hybridized carbons (Fsp3) is 0.308. The molecule has 0 saturated heterocycles. The molecule has 0 spiro atoms. The van der Waals surface area contributed by atoms with Crippen molar-refractivity contribution in [2.45, 2.75) is 17.9 Å². The van der Waals surface area contributed by atoms with E-state index in [4.69, 9.17) is 0 Å². The molecule has 0 fully saturated rings. The molecule has 4 nitrogen and oxygen atoms in total. The highest BCUT2D eigenvalue weighted by molar-refractivity contribution is 7.84. The molecule has 94 valence electrons. The van der Waals surface area contributed by atoms with Crippen LogP contribution >= 0.6 is 0 Å². The molecule has 2 aromatic rings. The van der Waals surface area contributed by atoms with E-state index in [1.807, 2.05) is 12.3 Å². The molecule has 2 heterocycles. The summed E-state index contributed by atoms with van der Waals surface area (Å²) in [4.78, 5) is 10.4. The number of anilines is 1. The molecule has 1 atom stereocenters. The minimum atomic E-state index is -0.922. The number of benzene rings is 1. The van der Waals surface area contributed by atoms with Gasteiger partial charge in [0.1, 0.15) is 0 Å². The standard InChI is InChI=1S/C13H15N3OS/c1-18(17)12-3-2-10-4-5-16(13(10)6-12)8-11-7-14-9-15-11/h2-3,6-7,9H,4-5,8H2,1H3,(H,14,15)/t18-/m1/s1. The van der Waals surface area contributed by atoms with E-state index in [0.29, 0.717) is 0 Å². The molecular weight excluding hydrogens is 246 g/mol. The van der Waals surface area contributed by atoms with E-state index in [1.54, 1.807) is 12.6 Å². The van der Waals surface area contributed by atoms with Gasteiger partial charge in [-0.25, -0.2) is 4.98 Å². The van der Waals surface area contributed by atoms with E-state index >= 15 is 0 Å². The molecule has 0 amide bonds. The number of fused-ring (bicyclic) bond motifs is 1. The predicted octanol–water partition coefficient (Wildman–Crippen LogP) is 1.71. The topological polar surface area (TPSA) is 49.0 Å². The van der Waals surface area contributed by atoms with Crippen molar-refractivity contribution in [3.63, 3.8) is 0 Å². The zero-order chi connectivity index (χ0) is 12.5. The molecule has 3 rings (SSSR count). The first-order chi connectivity index (χ1) is 8.74. The number of hydrogen-bond donors (Lipinski definition) is 1. The van der Waals surface area contributed by atoms with Crippen LogP contribution in [0.3, 0.4) is 0 Å². The third-order valence-corrected chi connectivity index (χ3v) is 4.21. The quantitative estimate of drug-likeness (QED) is 0.915. The molecule has 0 unspecified atom stereocenters. The lowest BCUT2D eigenvalue weighted by Crippen LogP contribution is -2.19. The van der Waals surface area contributed by atoms with Gasteiger partial charge in [-0.1, -0.05) is 6.07 Å². The molecule has 0 saturated carbocycles. The van der Waals surface area contributed by atoms with Crippen LogP contribution in [0.4, 0.5) is 5.69 Å². The molecule has 0 radical (unpaired) electrons. The first-order valence-electron chi connectivity index (χ1n) is 5.92. The van der Waals surface area contributed by atoms with E-state index in [-0.39, 0.29) is 0 Å². The highest BCUT2D eigenvalue weighted by Gasteiger charge is 2.20. The Morgan fingerprint density at radius 1 is 1.50 bits per heavy atom. The van der Waals surface area contributed by atoms with Crippen molar-refractivity contribution in [1.29, 1.82) is 0 Å².